The molecule has 0 aliphatic carbocycles. The van der Waals surface area contributed by atoms with Gasteiger partial charge in [0.05, 0.1) is 12.0 Å². The Morgan fingerprint density at radius 3 is 2.33 bits per heavy atom. The molecular formula is C21H15ClFNO3. The van der Waals surface area contributed by atoms with Gasteiger partial charge in [-0.05, 0) is 42.0 Å². The summed E-state index contributed by atoms with van der Waals surface area (Å²) >= 11 is 5.81. The lowest BCUT2D eigenvalue weighted by Gasteiger charge is -2.12. The average Bonchev–Trinajstić information content (AvgIpc) is 2.66. The van der Waals surface area contributed by atoms with E-state index in [0.717, 1.165) is 0 Å². The molecule has 0 unspecified atom stereocenters. The smallest absolute Gasteiger partial charge is 0.261 e. The molecule has 3 aromatic rings. The van der Waals surface area contributed by atoms with E-state index in [1.807, 2.05) is 0 Å². The molecule has 2 amide bonds. The second kappa shape index (κ2) is 8.47. The Kier molecular flexibility index (Phi) is 5.84. The third-order valence-electron chi connectivity index (χ3n) is 3.71. The van der Waals surface area contributed by atoms with Crippen LogP contribution in [0.3, 0.4) is 0 Å². The predicted octanol–water partition coefficient (Wildman–Crippen LogP) is 4.77. The molecular weight excluding hydrogens is 369 g/mol. The maximum absolute atomic E-state index is 14.2. The molecule has 0 aliphatic rings. The van der Waals surface area contributed by atoms with Gasteiger partial charge in [-0.15, -0.1) is 0 Å². The van der Waals surface area contributed by atoms with Crippen molar-refractivity contribution in [2.75, 3.05) is 0 Å². The third kappa shape index (κ3) is 4.92. The zero-order valence-corrected chi connectivity index (χ0v) is 14.9. The number of imide groups is 1. The van der Waals surface area contributed by atoms with Crippen LogP contribution in [0.2, 0.25) is 5.02 Å². The van der Waals surface area contributed by atoms with Crippen LogP contribution in [0.5, 0.6) is 11.5 Å². The van der Waals surface area contributed by atoms with Crippen molar-refractivity contribution in [1.29, 1.82) is 0 Å². The third-order valence-corrected chi connectivity index (χ3v) is 3.96. The number of carbonyl (C=O) groups excluding carboxylic acids is 2. The van der Waals surface area contributed by atoms with Gasteiger partial charge in [0.15, 0.2) is 11.6 Å². The highest BCUT2D eigenvalue weighted by molar-refractivity contribution is 6.30. The Morgan fingerprint density at radius 1 is 0.926 bits per heavy atom. The molecule has 0 spiro atoms. The number of hydrogen-bond donors (Lipinski definition) is 1. The van der Waals surface area contributed by atoms with Crippen molar-refractivity contribution < 1.29 is 18.7 Å². The molecule has 3 aromatic carbocycles. The van der Waals surface area contributed by atoms with Crippen LogP contribution in [0.4, 0.5) is 4.39 Å². The molecule has 6 heteroatoms. The molecule has 0 bridgehead atoms. The van der Waals surface area contributed by atoms with Gasteiger partial charge in [0.2, 0.25) is 5.91 Å². The first-order valence-corrected chi connectivity index (χ1v) is 8.51. The summed E-state index contributed by atoms with van der Waals surface area (Å²) in [5, 5.41) is 2.81. The van der Waals surface area contributed by atoms with Crippen molar-refractivity contribution in [3.63, 3.8) is 0 Å². The quantitative estimate of drug-likeness (QED) is 0.690. The summed E-state index contributed by atoms with van der Waals surface area (Å²) in [5.74, 6) is -1.81. The number of benzene rings is 3. The minimum atomic E-state index is -0.737. The fourth-order valence-electron chi connectivity index (χ4n) is 2.42. The largest absolute Gasteiger partial charge is 0.453 e. The van der Waals surface area contributed by atoms with Crippen molar-refractivity contribution in [2.45, 2.75) is 6.42 Å². The Morgan fingerprint density at radius 2 is 1.63 bits per heavy atom. The highest BCUT2D eigenvalue weighted by Gasteiger charge is 2.19. The first-order valence-electron chi connectivity index (χ1n) is 8.13. The molecule has 0 aliphatic heterocycles. The van der Waals surface area contributed by atoms with Crippen molar-refractivity contribution >= 4 is 23.4 Å². The number of ether oxygens (including phenoxy) is 1. The first-order chi connectivity index (χ1) is 13.0. The van der Waals surface area contributed by atoms with Crippen LogP contribution >= 0.6 is 11.6 Å². The van der Waals surface area contributed by atoms with E-state index in [1.54, 1.807) is 54.6 Å². The number of para-hydroxylation sites is 2. The molecule has 1 N–H and O–H groups in total. The molecule has 136 valence electrons. The number of hydrogen-bond acceptors (Lipinski definition) is 3. The molecule has 3 rings (SSSR count). The van der Waals surface area contributed by atoms with Crippen LogP contribution in [0, 0.1) is 5.82 Å². The fourth-order valence-corrected chi connectivity index (χ4v) is 2.55. The SMILES string of the molecule is O=C(Cc1ccc(Cl)cc1)NC(=O)c1cccc(F)c1Oc1ccccc1. The van der Waals surface area contributed by atoms with Crippen LogP contribution in [-0.2, 0) is 11.2 Å². The summed E-state index contributed by atoms with van der Waals surface area (Å²) in [7, 11) is 0. The van der Waals surface area contributed by atoms with Crippen molar-refractivity contribution in [2.24, 2.45) is 0 Å². The van der Waals surface area contributed by atoms with E-state index >= 15 is 0 Å². The van der Waals surface area contributed by atoms with Gasteiger partial charge in [0, 0.05) is 5.02 Å². The van der Waals surface area contributed by atoms with E-state index in [0.29, 0.717) is 16.3 Å². The van der Waals surface area contributed by atoms with Crippen LogP contribution in [0.25, 0.3) is 0 Å². The normalized spacial score (nSPS) is 10.3. The van der Waals surface area contributed by atoms with Crippen LogP contribution < -0.4 is 10.1 Å². The Hall–Kier alpha value is -3.18. The monoisotopic (exact) mass is 383 g/mol. The van der Waals surface area contributed by atoms with Gasteiger partial charge < -0.3 is 4.74 Å². The highest BCUT2D eigenvalue weighted by atomic mass is 35.5. The standard InChI is InChI=1S/C21H15ClFNO3/c22-15-11-9-14(10-12-15)13-19(25)24-21(26)17-7-4-8-18(23)20(17)27-16-5-2-1-3-6-16/h1-12H,13H2,(H,24,25,26). The van der Waals surface area contributed by atoms with Crippen molar-refractivity contribution in [3.05, 3.63) is 94.8 Å². The van der Waals surface area contributed by atoms with Gasteiger partial charge in [0.25, 0.3) is 5.91 Å². The molecule has 0 saturated carbocycles. The zero-order chi connectivity index (χ0) is 19.2. The van der Waals surface area contributed by atoms with Gasteiger partial charge in [-0.1, -0.05) is 48.0 Å². The van der Waals surface area contributed by atoms with E-state index in [1.165, 1.54) is 18.2 Å². The average molecular weight is 384 g/mol. The van der Waals surface area contributed by atoms with Crippen LogP contribution in [-0.4, -0.2) is 11.8 Å². The van der Waals surface area contributed by atoms with Gasteiger partial charge in [-0.3, -0.25) is 14.9 Å². The van der Waals surface area contributed by atoms with Crippen molar-refractivity contribution in [1.82, 2.24) is 5.32 Å². The van der Waals surface area contributed by atoms with Gasteiger partial charge in [0.1, 0.15) is 5.75 Å². The molecule has 0 fully saturated rings. The van der Waals surface area contributed by atoms with Crippen LogP contribution in [0.15, 0.2) is 72.8 Å². The lowest BCUT2D eigenvalue weighted by atomic mass is 10.1. The number of halogens is 2. The molecule has 0 saturated heterocycles. The Labute approximate surface area is 160 Å². The summed E-state index contributed by atoms with van der Waals surface area (Å²) in [6, 6.07) is 19.2. The molecule has 4 nitrogen and oxygen atoms in total. The minimum Gasteiger partial charge on any atom is -0.453 e. The summed E-state index contributed by atoms with van der Waals surface area (Å²) < 4.78 is 19.7. The highest BCUT2D eigenvalue weighted by Crippen LogP contribution is 2.28. The maximum Gasteiger partial charge on any atom is 0.261 e. The lowest BCUT2D eigenvalue weighted by molar-refractivity contribution is -0.119. The van der Waals surface area contributed by atoms with Crippen molar-refractivity contribution in [3.8, 4) is 11.5 Å². The fraction of sp³-hybridized carbons (Fsp3) is 0.0476. The number of nitrogens with one attached hydrogen (secondary N) is 1. The zero-order valence-electron chi connectivity index (χ0n) is 14.1. The molecule has 0 radical (unpaired) electrons. The van der Waals surface area contributed by atoms with E-state index in [9.17, 15) is 14.0 Å². The van der Waals surface area contributed by atoms with E-state index in [2.05, 4.69) is 5.32 Å². The number of amides is 2. The molecule has 27 heavy (non-hydrogen) atoms. The second-order valence-corrected chi connectivity index (χ2v) is 6.15. The lowest BCUT2D eigenvalue weighted by Crippen LogP contribution is -2.32. The maximum atomic E-state index is 14.2. The minimum absolute atomic E-state index is 0.00684. The summed E-state index contributed by atoms with van der Waals surface area (Å²) in [6.07, 6.45) is -0.00684. The molecule has 0 atom stereocenters. The van der Waals surface area contributed by atoms with E-state index in [4.69, 9.17) is 16.3 Å². The van der Waals surface area contributed by atoms with Gasteiger partial charge >= 0.3 is 0 Å². The number of rotatable bonds is 5. The number of carbonyl (C=O) groups is 2. The topological polar surface area (TPSA) is 55.4 Å². The van der Waals surface area contributed by atoms with Crippen LogP contribution in [0.1, 0.15) is 15.9 Å². The van der Waals surface area contributed by atoms with Gasteiger partial charge in [-0.25, -0.2) is 4.39 Å². The first kappa shape index (κ1) is 18.6. The summed E-state index contributed by atoms with van der Waals surface area (Å²) in [5.41, 5.74) is 0.632. The van der Waals surface area contributed by atoms with E-state index in [-0.39, 0.29) is 17.7 Å². The van der Waals surface area contributed by atoms with Gasteiger partial charge in [-0.2, -0.15) is 0 Å². The Bertz CT molecular complexity index is 959. The second-order valence-electron chi connectivity index (χ2n) is 5.71. The van der Waals surface area contributed by atoms with E-state index < -0.39 is 17.6 Å². The summed E-state index contributed by atoms with van der Waals surface area (Å²) in [4.78, 5) is 24.6. The summed E-state index contributed by atoms with van der Waals surface area (Å²) in [6.45, 7) is 0. The Balaban J connectivity index is 1.75. The molecule has 0 heterocycles. The molecule has 0 aromatic heterocycles. The predicted molar refractivity (Wildman–Crippen MR) is 101 cm³/mol.